The van der Waals surface area contributed by atoms with Gasteiger partial charge in [-0.3, -0.25) is 9.97 Å². The number of aryl methyl sites for hydroxylation is 1. The molecule has 0 aliphatic heterocycles. The van der Waals surface area contributed by atoms with E-state index in [1.165, 1.54) is 32.7 Å². The molecule has 106 valence electrons. The van der Waals surface area contributed by atoms with Gasteiger partial charge in [0.25, 0.3) is 0 Å². The van der Waals surface area contributed by atoms with Crippen molar-refractivity contribution in [3.8, 4) is 0 Å². The summed E-state index contributed by atoms with van der Waals surface area (Å²) >= 11 is 0. The van der Waals surface area contributed by atoms with E-state index in [-0.39, 0.29) is 0 Å². The van der Waals surface area contributed by atoms with E-state index >= 15 is 0 Å². The minimum absolute atomic E-state index is 0.849. The van der Waals surface area contributed by atoms with Crippen LogP contribution in [0.2, 0.25) is 0 Å². The molecule has 22 heavy (non-hydrogen) atoms. The molecule has 2 nitrogen and oxygen atoms in total. The fourth-order valence-corrected chi connectivity index (χ4v) is 2.86. The van der Waals surface area contributed by atoms with Crippen LogP contribution in [-0.2, 0) is 6.42 Å². The third kappa shape index (κ3) is 2.44. The van der Waals surface area contributed by atoms with Crippen molar-refractivity contribution in [3.63, 3.8) is 0 Å². The Morgan fingerprint density at radius 3 is 2.59 bits per heavy atom. The largest absolute Gasteiger partial charge is 0.264 e. The minimum Gasteiger partial charge on any atom is -0.264 e. The van der Waals surface area contributed by atoms with Crippen LogP contribution >= 0.6 is 0 Å². The fraction of sp³-hybridized carbons (Fsp3) is 0.100. The summed E-state index contributed by atoms with van der Waals surface area (Å²) < 4.78 is 0. The third-order valence-electron chi connectivity index (χ3n) is 4.02. The van der Waals surface area contributed by atoms with Gasteiger partial charge in [-0.15, -0.1) is 0 Å². The van der Waals surface area contributed by atoms with Gasteiger partial charge in [0, 0.05) is 41.5 Å². The molecule has 0 unspecified atom stereocenters. The smallest absolute Gasteiger partial charge is 0.0453 e. The van der Waals surface area contributed by atoms with E-state index in [4.69, 9.17) is 0 Å². The van der Waals surface area contributed by atoms with Crippen LogP contribution in [0.5, 0.6) is 0 Å². The summed E-state index contributed by atoms with van der Waals surface area (Å²) in [5.74, 6) is 0. The van der Waals surface area contributed by atoms with Crippen LogP contribution in [0, 0.1) is 6.92 Å². The maximum atomic E-state index is 4.61. The fourth-order valence-electron chi connectivity index (χ4n) is 2.86. The van der Waals surface area contributed by atoms with E-state index in [1.807, 2.05) is 18.6 Å². The molecule has 0 amide bonds. The van der Waals surface area contributed by atoms with Crippen LogP contribution in [0.1, 0.15) is 16.8 Å². The first-order chi connectivity index (χ1) is 10.8. The number of aromatic nitrogens is 2. The predicted octanol–water partition coefficient (Wildman–Crippen LogP) is 4.68. The van der Waals surface area contributed by atoms with Crippen LogP contribution in [-0.4, -0.2) is 9.97 Å². The van der Waals surface area contributed by atoms with Crippen LogP contribution in [0.3, 0.4) is 0 Å². The molecule has 0 aliphatic rings. The first kappa shape index (κ1) is 13.0. The van der Waals surface area contributed by atoms with Gasteiger partial charge in [0.1, 0.15) is 0 Å². The van der Waals surface area contributed by atoms with Crippen molar-refractivity contribution in [1.82, 2.24) is 9.97 Å². The van der Waals surface area contributed by atoms with E-state index in [0.717, 1.165) is 12.1 Å². The van der Waals surface area contributed by atoms with E-state index in [2.05, 4.69) is 65.4 Å². The van der Waals surface area contributed by atoms with Gasteiger partial charge in [-0.1, -0.05) is 35.9 Å². The Hall–Kier alpha value is -2.74. The molecule has 0 aliphatic carbocycles. The molecule has 0 spiro atoms. The number of fused-ring (bicyclic) bond motifs is 2. The lowest BCUT2D eigenvalue weighted by Crippen LogP contribution is -1.92. The normalized spacial score (nSPS) is 11.1. The van der Waals surface area contributed by atoms with E-state index in [9.17, 15) is 0 Å². The number of rotatable bonds is 2. The van der Waals surface area contributed by atoms with Crippen LogP contribution in [0.25, 0.3) is 21.5 Å². The van der Waals surface area contributed by atoms with Gasteiger partial charge in [0.05, 0.1) is 0 Å². The topological polar surface area (TPSA) is 25.8 Å². The summed E-state index contributed by atoms with van der Waals surface area (Å²) in [6.07, 6.45) is 6.56. The lowest BCUT2D eigenvalue weighted by atomic mass is 10.0. The SMILES string of the molecule is Cc1ccc2cc(Cc3ccc4cnccc4c3)ncc2c1. The Morgan fingerprint density at radius 1 is 0.773 bits per heavy atom. The second kappa shape index (κ2) is 5.23. The monoisotopic (exact) mass is 284 g/mol. The van der Waals surface area contributed by atoms with Crippen molar-refractivity contribution >= 4 is 21.5 Å². The Balaban J connectivity index is 1.70. The summed E-state index contributed by atoms with van der Waals surface area (Å²) in [6.45, 7) is 2.11. The molecule has 0 saturated carbocycles. The van der Waals surface area contributed by atoms with Gasteiger partial charge in [0.15, 0.2) is 0 Å². The molecule has 2 aromatic carbocycles. The summed E-state index contributed by atoms with van der Waals surface area (Å²) in [5, 5.41) is 4.85. The van der Waals surface area contributed by atoms with Gasteiger partial charge < -0.3 is 0 Å². The number of hydrogen-bond acceptors (Lipinski definition) is 2. The molecule has 4 aromatic rings. The first-order valence-corrected chi connectivity index (χ1v) is 7.46. The number of benzene rings is 2. The number of nitrogens with zero attached hydrogens (tertiary/aromatic N) is 2. The molecular formula is C20H16N2. The van der Waals surface area contributed by atoms with Gasteiger partial charge >= 0.3 is 0 Å². The molecule has 0 atom stereocenters. The number of pyridine rings is 2. The highest BCUT2D eigenvalue weighted by atomic mass is 14.7. The van der Waals surface area contributed by atoms with Gasteiger partial charge in [-0.25, -0.2) is 0 Å². The molecule has 4 rings (SSSR count). The van der Waals surface area contributed by atoms with E-state index in [0.29, 0.717) is 0 Å². The lowest BCUT2D eigenvalue weighted by molar-refractivity contribution is 1.09. The molecule has 2 heterocycles. The molecule has 2 heteroatoms. The Kier molecular flexibility index (Phi) is 3.08. The number of hydrogen-bond donors (Lipinski definition) is 0. The second-order valence-corrected chi connectivity index (χ2v) is 5.76. The Labute approximate surface area is 129 Å². The third-order valence-corrected chi connectivity index (χ3v) is 4.02. The predicted molar refractivity (Wildman–Crippen MR) is 91.0 cm³/mol. The highest BCUT2D eigenvalue weighted by Gasteiger charge is 2.02. The standard InChI is InChI=1S/C20H16N2/c1-14-2-4-16-11-20(22-13-19(16)8-14)10-15-3-5-18-12-21-7-6-17(18)9-15/h2-9,11-13H,10H2,1H3. The lowest BCUT2D eigenvalue weighted by Gasteiger charge is -2.05. The van der Waals surface area contributed by atoms with E-state index < -0.39 is 0 Å². The van der Waals surface area contributed by atoms with Crippen LogP contribution < -0.4 is 0 Å². The van der Waals surface area contributed by atoms with Gasteiger partial charge in [0.2, 0.25) is 0 Å². The summed E-state index contributed by atoms with van der Waals surface area (Å²) in [5.41, 5.74) is 3.65. The zero-order valence-corrected chi connectivity index (χ0v) is 12.5. The van der Waals surface area contributed by atoms with Crippen LogP contribution in [0.4, 0.5) is 0 Å². The Bertz CT molecular complexity index is 973. The Morgan fingerprint density at radius 2 is 1.64 bits per heavy atom. The zero-order valence-electron chi connectivity index (χ0n) is 12.5. The molecular weight excluding hydrogens is 268 g/mol. The van der Waals surface area contributed by atoms with Gasteiger partial charge in [-0.05, 0) is 41.5 Å². The molecule has 0 N–H and O–H groups in total. The van der Waals surface area contributed by atoms with Crippen molar-refractivity contribution in [2.75, 3.05) is 0 Å². The van der Waals surface area contributed by atoms with Gasteiger partial charge in [-0.2, -0.15) is 0 Å². The zero-order chi connectivity index (χ0) is 14.9. The molecule has 0 bridgehead atoms. The molecule has 0 fully saturated rings. The quantitative estimate of drug-likeness (QED) is 0.534. The highest BCUT2D eigenvalue weighted by molar-refractivity contribution is 5.83. The van der Waals surface area contributed by atoms with Crippen molar-refractivity contribution in [2.24, 2.45) is 0 Å². The average Bonchev–Trinajstić information content (AvgIpc) is 2.55. The summed E-state index contributed by atoms with van der Waals surface area (Å²) in [6, 6.07) is 17.2. The molecule has 2 aromatic heterocycles. The maximum Gasteiger partial charge on any atom is 0.0453 e. The minimum atomic E-state index is 0.849. The van der Waals surface area contributed by atoms with Crippen molar-refractivity contribution in [3.05, 3.63) is 83.9 Å². The van der Waals surface area contributed by atoms with Crippen molar-refractivity contribution in [2.45, 2.75) is 13.3 Å². The van der Waals surface area contributed by atoms with Crippen molar-refractivity contribution in [1.29, 1.82) is 0 Å². The van der Waals surface area contributed by atoms with E-state index in [1.54, 1.807) is 0 Å². The molecule has 0 radical (unpaired) electrons. The van der Waals surface area contributed by atoms with Crippen molar-refractivity contribution < 1.29 is 0 Å². The maximum absolute atomic E-state index is 4.61. The summed E-state index contributed by atoms with van der Waals surface area (Å²) in [4.78, 5) is 8.77. The second-order valence-electron chi connectivity index (χ2n) is 5.76. The average molecular weight is 284 g/mol. The molecule has 0 saturated heterocycles. The summed E-state index contributed by atoms with van der Waals surface area (Å²) in [7, 11) is 0. The first-order valence-electron chi connectivity index (χ1n) is 7.46. The highest BCUT2D eigenvalue weighted by Crippen LogP contribution is 2.20. The van der Waals surface area contributed by atoms with Crippen LogP contribution in [0.15, 0.2) is 67.1 Å².